The van der Waals surface area contributed by atoms with Gasteiger partial charge in [-0.3, -0.25) is 0 Å². The molecule has 1 aliphatic heterocycles. The quantitative estimate of drug-likeness (QED) is 0.528. The summed E-state index contributed by atoms with van der Waals surface area (Å²) in [5.41, 5.74) is 3.71. The lowest BCUT2D eigenvalue weighted by atomic mass is 9.93. The molecule has 1 fully saturated rings. The second kappa shape index (κ2) is 7.32. The molecule has 1 unspecified atom stereocenters. The third kappa shape index (κ3) is 3.57. The zero-order valence-electron chi connectivity index (χ0n) is 13.9. The van der Waals surface area contributed by atoms with E-state index in [-0.39, 0.29) is 0 Å². The van der Waals surface area contributed by atoms with Crippen LogP contribution in [0.25, 0.3) is 0 Å². The summed E-state index contributed by atoms with van der Waals surface area (Å²) < 4.78 is 7.23. The number of anilines is 1. The first-order chi connectivity index (χ1) is 12.3. The molecule has 126 valence electrons. The summed E-state index contributed by atoms with van der Waals surface area (Å²) in [6, 6.07) is 27.7. The number of rotatable bonds is 5. The van der Waals surface area contributed by atoms with Crippen LogP contribution in [0.1, 0.15) is 23.6 Å². The molecular weight excluding hydrogens is 374 g/mol. The first kappa shape index (κ1) is 16.2. The van der Waals surface area contributed by atoms with E-state index in [4.69, 9.17) is 4.74 Å². The maximum absolute atomic E-state index is 6.19. The molecule has 1 atom stereocenters. The minimum Gasteiger partial charge on any atom is -0.489 e. The second-order valence-corrected chi connectivity index (χ2v) is 7.21. The van der Waals surface area contributed by atoms with E-state index in [2.05, 4.69) is 81.5 Å². The Labute approximate surface area is 157 Å². The van der Waals surface area contributed by atoms with Crippen molar-refractivity contribution in [2.75, 3.05) is 11.4 Å². The summed E-state index contributed by atoms with van der Waals surface area (Å²) in [7, 11) is 0. The maximum atomic E-state index is 6.19. The smallest absolute Gasteiger partial charge is 0.126 e. The van der Waals surface area contributed by atoms with Gasteiger partial charge in [0, 0.05) is 22.3 Å². The summed E-state index contributed by atoms with van der Waals surface area (Å²) in [6.45, 7) is 1.67. The van der Waals surface area contributed by atoms with Gasteiger partial charge < -0.3 is 9.64 Å². The fourth-order valence-electron chi connectivity index (χ4n) is 3.28. The highest BCUT2D eigenvalue weighted by molar-refractivity contribution is 9.10. The van der Waals surface area contributed by atoms with Gasteiger partial charge in [-0.25, -0.2) is 0 Å². The zero-order valence-corrected chi connectivity index (χ0v) is 15.5. The molecule has 1 aliphatic rings. The van der Waals surface area contributed by atoms with Crippen molar-refractivity contribution in [2.24, 2.45) is 0 Å². The fourth-order valence-corrected chi connectivity index (χ4v) is 3.62. The minimum atomic E-state index is 0.376. The van der Waals surface area contributed by atoms with Gasteiger partial charge in [-0.15, -0.1) is 0 Å². The lowest BCUT2D eigenvalue weighted by Crippen LogP contribution is -2.41. The third-order valence-electron chi connectivity index (χ3n) is 4.68. The van der Waals surface area contributed by atoms with E-state index in [1.807, 2.05) is 18.2 Å². The first-order valence-electron chi connectivity index (χ1n) is 8.59. The van der Waals surface area contributed by atoms with Crippen LogP contribution in [0.4, 0.5) is 5.69 Å². The average Bonchev–Trinajstić information content (AvgIpc) is 2.63. The highest BCUT2D eigenvalue weighted by Crippen LogP contribution is 2.42. The van der Waals surface area contributed by atoms with Crippen LogP contribution in [-0.4, -0.2) is 6.54 Å². The van der Waals surface area contributed by atoms with Crippen molar-refractivity contribution in [1.82, 2.24) is 0 Å². The molecule has 1 heterocycles. The van der Waals surface area contributed by atoms with E-state index >= 15 is 0 Å². The van der Waals surface area contributed by atoms with Crippen LogP contribution in [-0.2, 0) is 6.61 Å². The molecule has 0 saturated carbocycles. The van der Waals surface area contributed by atoms with Crippen molar-refractivity contribution in [3.05, 3.63) is 94.5 Å². The van der Waals surface area contributed by atoms with Crippen LogP contribution in [0.5, 0.6) is 5.75 Å². The first-order valence-corrected chi connectivity index (χ1v) is 9.38. The molecule has 0 amide bonds. The van der Waals surface area contributed by atoms with Crippen LogP contribution in [0.3, 0.4) is 0 Å². The predicted molar refractivity (Wildman–Crippen MR) is 106 cm³/mol. The van der Waals surface area contributed by atoms with E-state index in [9.17, 15) is 0 Å². The molecule has 0 bridgehead atoms. The van der Waals surface area contributed by atoms with Crippen LogP contribution in [0.2, 0.25) is 0 Å². The molecule has 0 aromatic heterocycles. The van der Waals surface area contributed by atoms with E-state index < -0.39 is 0 Å². The topological polar surface area (TPSA) is 12.5 Å². The highest BCUT2D eigenvalue weighted by atomic mass is 79.9. The van der Waals surface area contributed by atoms with E-state index in [0.717, 1.165) is 23.2 Å². The molecule has 0 radical (unpaired) electrons. The standard InChI is InChI=1S/C22H20BrNO/c23-18-11-12-20(21-13-14-24(21)19-9-5-2-6-10-19)22(15-18)25-16-17-7-3-1-4-8-17/h1-12,15,21H,13-14,16H2. The zero-order chi connectivity index (χ0) is 17.1. The van der Waals surface area contributed by atoms with Crippen molar-refractivity contribution in [3.63, 3.8) is 0 Å². The number of para-hydroxylation sites is 1. The number of hydrogen-bond acceptors (Lipinski definition) is 2. The van der Waals surface area contributed by atoms with E-state index in [1.54, 1.807) is 0 Å². The Hall–Kier alpha value is -2.26. The van der Waals surface area contributed by atoms with Gasteiger partial charge in [-0.1, -0.05) is 70.5 Å². The van der Waals surface area contributed by atoms with Gasteiger partial charge in [0.15, 0.2) is 0 Å². The Morgan fingerprint density at radius 1 is 0.920 bits per heavy atom. The Bertz CT molecular complexity index is 835. The van der Waals surface area contributed by atoms with Crippen molar-refractivity contribution in [2.45, 2.75) is 19.1 Å². The summed E-state index contributed by atoms with van der Waals surface area (Å²) in [5.74, 6) is 0.962. The minimum absolute atomic E-state index is 0.376. The van der Waals surface area contributed by atoms with E-state index in [1.165, 1.54) is 16.8 Å². The van der Waals surface area contributed by atoms with Crippen molar-refractivity contribution >= 4 is 21.6 Å². The molecular formula is C22H20BrNO. The summed E-state index contributed by atoms with van der Waals surface area (Å²) in [4.78, 5) is 2.44. The van der Waals surface area contributed by atoms with Gasteiger partial charge in [0.25, 0.3) is 0 Å². The normalized spacial score (nSPS) is 16.4. The number of nitrogens with zero attached hydrogens (tertiary/aromatic N) is 1. The summed E-state index contributed by atoms with van der Waals surface area (Å²) >= 11 is 3.58. The molecule has 0 N–H and O–H groups in total. The van der Waals surface area contributed by atoms with Gasteiger partial charge in [0.05, 0.1) is 6.04 Å². The molecule has 3 heteroatoms. The molecule has 1 saturated heterocycles. The van der Waals surface area contributed by atoms with E-state index in [0.29, 0.717) is 12.6 Å². The SMILES string of the molecule is Brc1ccc(C2CCN2c2ccccc2)c(OCc2ccccc2)c1. The Kier molecular flexibility index (Phi) is 4.75. The summed E-state index contributed by atoms with van der Waals surface area (Å²) in [6.07, 6.45) is 1.15. The molecule has 2 nitrogen and oxygen atoms in total. The second-order valence-electron chi connectivity index (χ2n) is 6.29. The lowest BCUT2D eigenvalue weighted by molar-refractivity contribution is 0.296. The van der Waals surface area contributed by atoms with Gasteiger partial charge in [-0.05, 0) is 36.2 Å². The molecule has 4 rings (SSSR count). The number of halogens is 1. The average molecular weight is 394 g/mol. The van der Waals surface area contributed by atoms with Crippen LogP contribution < -0.4 is 9.64 Å². The molecule has 0 aliphatic carbocycles. The molecule has 3 aromatic carbocycles. The van der Waals surface area contributed by atoms with Crippen LogP contribution in [0, 0.1) is 0 Å². The molecule has 0 spiro atoms. The Morgan fingerprint density at radius 3 is 2.32 bits per heavy atom. The van der Waals surface area contributed by atoms with Crippen molar-refractivity contribution < 1.29 is 4.74 Å². The maximum Gasteiger partial charge on any atom is 0.126 e. The predicted octanol–water partition coefficient (Wildman–Crippen LogP) is 5.98. The lowest BCUT2D eigenvalue weighted by Gasteiger charge is -2.43. The van der Waals surface area contributed by atoms with Gasteiger partial charge >= 0.3 is 0 Å². The number of benzene rings is 3. The van der Waals surface area contributed by atoms with Crippen molar-refractivity contribution in [3.8, 4) is 5.75 Å². The Morgan fingerprint density at radius 2 is 1.64 bits per heavy atom. The monoisotopic (exact) mass is 393 g/mol. The third-order valence-corrected chi connectivity index (χ3v) is 5.17. The number of hydrogen-bond donors (Lipinski definition) is 0. The van der Waals surface area contributed by atoms with Crippen molar-refractivity contribution in [1.29, 1.82) is 0 Å². The van der Waals surface area contributed by atoms with Crippen LogP contribution >= 0.6 is 15.9 Å². The fraction of sp³-hybridized carbons (Fsp3) is 0.182. The molecule has 3 aromatic rings. The van der Waals surface area contributed by atoms with Gasteiger partial charge in [0.1, 0.15) is 12.4 Å². The molecule has 25 heavy (non-hydrogen) atoms. The summed E-state index contributed by atoms with van der Waals surface area (Å²) in [5, 5.41) is 0. The van der Waals surface area contributed by atoms with Gasteiger partial charge in [0.2, 0.25) is 0 Å². The Balaban J connectivity index is 1.57. The number of ether oxygens (including phenoxy) is 1. The highest BCUT2D eigenvalue weighted by Gasteiger charge is 2.31. The van der Waals surface area contributed by atoms with Gasteiger partial charge in [-0.2, -0.15) is 0 Å². The largest absolute Gasteiger partial charge is 0.489 e. The van der Waals surface area contributed by atoms with Crippen LogP contribution in [0.15, 0.2) is 83.3 Å².